The van der Waals surface area contributed by atoms with Crippen LogP contribution in [0.1, 0.15) is 41.2 Å². The van der Waals surface area contributed by atoms with Gasteiger partial charge in [0.2, 0.25) is 0 Å². The van der Waals surface area contributed by atoms with Crippen molar-refractivity contribution >= 4 is 17.0 Å². The number of carbonyl (C=O) groups is 1. The van der Waals surface area contributed by atoms with Crippen LogP contribution in [0.3, 0.4) is 0 Å². The zero-order chi connectivity index (χ0) is 12.1. The Morgan fingerprint density at radius 3 is 2.81 bits per heavy atom. The zero-order valence-corrected chi connectivity index (χ0v) is 9.74. The molecule has 1 amide bonds. The Kier molecular flexibility index (Phi) is 4.57. The molecule has 0 aliphatic rings. The number of pyridine rings is 1. The van der Waals surface area contributed by atoms with Crippen LogP contribution in [-0.4, -0.2) is 19.7 Å². The number of amides is 1. The molecular weight excluding hydrogens is 228 g/mol. The van der Waals surface area contributed by atoms with Gasteiger partial charge in [0.25, 0.3) is 5.91 Å². The summed E-state index contributed by atoms with van der Waals surface area (Å²) in [5.74, 6) is -0.638. The maximum Gasteiger partial charge on any atom is 0.267 e. The number of carbonyl (C=O) groups excluding carboxylic acids is 1. The Bertz CT molecular complexity index is 409. The van der Waals surface area contributed by atoms with Gasteiger partial charge in [-0.3, -0.25) is 4.79 Å². The van der Waals surface area contributed by atoms with Crippen molar-refractivity contribution in [3.8, 4) is 0 Å². The molecule has 0 aliphatic heterocycles. The second kappa shape index (κ2) is 5.72. The van der Waals surface area contributed by atoms with Gasteiger partial charge < -0.3 is 10.3 Å². The van der Waals surface area contributed by atoms with Gasteiger partial charge in [-0.25, -0.2) is 9.19 Å². The highest BCUT2D eigenvalue weighted by atomic mass is 32.2. The van der Waals surface area contributed by atoms with Crippen molar-refractivity contribution in [3.63, 3.8) is 0 Å². The lowest BCUT2D eigenvalue weighted by molar-refractivity contribution is 0.0995. The summed E-state index contributed by atoms with van der Waals surface area (Å²) in [5, 5.41) is -0.565. The lowest BCUT2D eigenvalue weighted by Gasteiger charge is -2.11. The molecule has 1 aromatic rings. The summed E-state index contributed by atoms with van der Waals surface area (Å²) < 4.78 is 20.3. The van der Waals surface area contributed by atoms with Crippen molar-refractivity contribution in [3.05, 3.63) is 29.6 Å². The van der Waals surface area contributed by atoms with Crippen LogP contribution >= 0.6 is 0 Å². The van der Waals surface area contributed by atoms with Crippen LogP contribution in [-0.2, 0) is 11.1 Å². The number of primary amides is 1. The SMILES string of the molecule is CCCC(c1cccc(C(N)=O)n1)S(=O)O. The quantitative estimate of drug-likeness (QED) is 0.760. The molecule has 1 heterocycles. The summed E-state index contributed by atoms with van der Waals surface area (Å²) in [6, 6.07) is 4.72. The molecule has 2 atom stereocenters. The van der Waals surface area contributed by atoms with Crippen LogP contribution in [0.2, 0.25) is 0 Å². The van der Waals surface area contributed by atoms with Crippen molar-refractivity contribution in [2.24, 2.45) is 5.73 Å². The first kappa shape index (κ1) is 12.8. The van der Waals surface area contributed by atoms with Gasteiger partial charge in [0, 0.05) is 0 Å². The smallest absolute Gasteiger partial charge is 0.267 e. The zero-order valence-electron chi connectivity index (χ0n) is 8.92. The Labute approximate surface area is 96.4 Å². The van der Waals surface area contributed by atoms with E-state index >= 15 is 0 Å². The average Bonchev–Trinajstić information content (AvgIpc) is 2.25. The molecule has 0 fully saturated rings. The van der Waals surface area contributed by atoms with Crippen molar-refractivity contribution < 1.29 is 13.6 Å². The summed E-state index contributed by atoms with van der Waals surface area (Å²) in [5.41, 5.74) is 5.64. The highest BCUT2D eigenvalue weighted by molar-refractivity contribution is 7.79. The summed E-state index contributed by atoms with van der Waals surface area (Å²) in [7, 11) is 0. The first-order valence-electron chi connectivity index (χ1n) is 4.92. The molecule has 0 aliphatic carbocycles. The summed E-state index contributed by atoms with van der Waals surface area (Å²) in [6.07, 6.45) is 1.30. The molecule has 0 bridgehead atoms. The Morgan fingerprint density at radius 1 is 1.62 bits per heavy atom. The number of hydrogen-bond donors (Lipinski definition) is 2. The molecule has 1 aromatic heterocycles. The Morgan fingerprint density at radius 2 is 2.31 bits per heavy atom. The number of rotatable bonds is 5. The fourth-order valence-electron chi connectivity index (χ4n) is 1.38. The lowest BCUT2D eigenvalue weighted by atomic mass is 10.1. The van der Waals surface area contributed by atoms with E-state index in [1.54, 1.807) is 12.1 Å². The van der Waals surface area contributed by atoms with Gasteiger partial charge in [0.05, 0.1) is 5.69 Å². The highest BCUT2D eigenvalue weighted by Crippen LogP contribution is 2.22. The highest BCUT2D eigenvalue weighted by Gasteiger charge is 2.19. The third-order valence-electron chi connectivity index (χ3n) is 2.15. The van der Waals surface area contributed by atoms with Crippen LogP contribution in [0.25, 0.3) is 0 Å². The van der Waals surface area contributed by atoms with Crippen LogP contribution in [0.15, 0.2) is 18.2 Å². The Hall–Kier alpha value is -1.27. The summed E-state index contributed by atoms with van der Waals surface area (Å²) in [4.78, 5) is 14.9. The minimum absolute atomic E-state index is 0.115. The second-order valence-electron chi connectivity index (χ2n) is 3.37. The largest absolute Gasteiger partial charge is 0.364 e. The van der Waals surface area contributed by atoms with E-state index in [1.807, 2.05) is 6.92 Å². The van der Waals surface area contributed by atoms with Crippen molar-refractivity contribution in [2.45, 2.75) is 25.0 Å². The maximum atomic E-state index is 11.1. The average molecular weight is 242 g/mol. The van der Waals surface area contributed by atoms with Crippen LogP contribution < -0.4 is 5.73 Å². The number of aromatic nitrogens is 1. The van der Waals surface area contributed by atoms with Gasteiger partial charge >= 0.3 is 0 Å². The maximum absolute atomic E-state index is 11.1. The number of hydrogen-bond acceptors (Lipinski definition) is 3. The van der Waals surface area contributed by atoms with Crippen molar-refractivity contribution in [2.75, 3.05) is 0 Å². The van der Waals surface area contributed by atoms with Crippen molar-refractivity contribution in [1.82, 2.24) is 4.98 Å². The molecule has 6 heteroatoms. The predicted molar refractivity (Wildman–Crippen MR) is 61.2 cm³/mol. The third-order valence-corrected chi connectivity index (χ3v) is 3.11. The molecule has 0 saturated carbocycles. The molecule has 3 N–H and O–H groups in total. The van der Waals surface area contributed by atoms with E-state index in [-0.39, 0.29) is 5.69 Å². The molecule has 0 aromatic carbocycles. The topological polar surface area (TPSA) is 93.3 Å². The number of nitrogens with two attached hydrogens (primary N) is 1. The molecule has 1 rings (SSSR count). The standard InChI is InChI=1S/C10H14N2O3S/c1-2-4-9(16(14)15)7-5-3-6-8(12-7)10(11)13/h3,5-6,9H,2,4H2,1H3,(H2,11,13)(H,14,15). The lowest BCUT2D eigenvalue weighted by Crippen LogP contribution is -2.15. The summed E-state index contributed by atoms with van der Waals surface area (Å²) in [6.45, 7) is 1.91. The van der Waals surface area contributed by atoms with Crippen LogP contribution in [0.5, 0.6) is 0 Å². The molecule has 16 heavy (non-hydrogen) atoms. The van der Waals surface area contributed by atoms with E-state index in [4.69, 9.17) is 10.3 Å². The van der Waals surface area contributed by atoms with E-state index in [9.17, 15) is 9.00 Å². The molecule has 0 spiro atoms. The van der Waals surface area contributed by atoms with Crippen molar-refractivity contribution in [1.29, 1.82) is 0 Å². The Balaban J connectivity index is 3.04. The minimum Gasteiger partial charge on any atom is -0.364 e. The second-order valence-corrected chi connectivity index (χ2v) is 4.49. The van der Waals surface area contributed by atoms with Gasteiger partial charge in [-0.1, -0.05) is 19.4 Å². The van der Waals surface area contributed by atoms with E-state index in [0.717, 1.165) is 6.42 Å². The predicted octanol–water partition coefficient (Wildman–Crippen LogP) is 1.24. The first-order valence-corrected chi connectivity index (χ1v) is 6.09. The molecule has 88 valence electrons. The normalized spacial score (nSPS) is 14.4. The van der Waals surface area contributed by atoms with Crippen LogP contribution in [0, 0.1) is 0 Å². The van der Waals surface area contributed by atoms with E-state index in [0.29, 0.717) is 12.1 Å². The number of nitrogens with zero attached hydrogens (tertiary/aromatic N) is 1. The molecule has 0 saturated heterocycles. The molecule has 0 radical (unpaired) electrons. The van der Waals surface area contributed by atoms with Gasteiger partial charge in [-0.05, 0) is 18.6 Å². The van der Waals surface area contributed by atoms with Gasteiger partial charge in [0.1, 0.15) is 10.9 Å². The summed E-state index contributed by atoms with van der Waals surface area (Å²) >= 11 is -1.99. The molecule has 2 unspecified atom stereocenters. The minimum atomic E-state index is -1.99. The fraction of sp³-hybridized carbons (Fsp3) is 0.400. The monoisotopic (exact) mass is 242 g/mol. The van der Waals surface area contributed by atoms with Gasteiger partial charge in [0.15, 0.2) is 11.1 Å². The first-order chi connectivity index (χ1) is 7.56. The molecule has 5 nitrogen and oxygen atoms in total. The van der Waals surface area contributed by atoms with Gasteiger partial charge in [-0.15, -0.1) is 0 Å². The van der Waals surface area contributed by atoms with Gasteiger partial charge in [-0.2, -0.15) is 0 Å². The fourth-order valence-corrected chi connectivity index (χ4v) is 2.16. The van der Waals surface area contributed by atoms with E-state index in [2.05, 4.69) is 4.98 Å². The van der Waals surface area contributed by atoms with Crippen LogP contribution in [0.4, 0.5) is 0 Å². The molecular formula is C10H14N2O3S. The third kappa shape index (κ3) is 3.11. The van der Waals surface area contributed by atoms with E-state index < -0.39 is 22.2 Å². The van der Waals surface area contributed by atoms with E-state index in [1.165, 1.54) is 6.07 Å².